The van der Waals surface area contributed by atoms with Gasteiger partial charge >= 0.3 is 0 Å². The first-order valence-electron chi connectivity index (χ1n) is 9.49. The van der Waals surface area contributed by atoms with Gasteiger partial charge in [0.15, 0.2) is 0 Å². The first kappa shape index (κ1) is 19.0. The molecule has 142 valence electrons. The number of hydrogen-bond acceptors (Lipinski definition) is 4. The van der Waals surface area contributed by atoms with Crippen LogP contribution in [0.5, 0.6) is 0 Å². The number of hydrogen-bond donors (Lipinski definition) is 0. The maximum atomic E-state index is 12.7. The highest BCUT2D eigenvalue weighted by Gasteiger charge is 2.23. The number of aryl methyl sites for hydroxylation is 1. The molecule has 1 saturated heterocycles. The van der Waals surface area contributed by atoms with Gasteiger partial charge < -0.3 is 4.90 Å². The molecule has 27 heavy (non-hydrogen) atoms. The summed E-state index contributed by atoms with van der Waals surface area (Å²) in [5.41, 5.74) is 1.38. The zero-order chi connectivity index (χ0) is 19.1. The van der Waals surface area contributed by atoms with Crippen molar-refractivity contribution < 1.29 is 4.79 Å². The molecule has 0 spiro atoms. The summed E-state index contributed by atoms with van der Waals surface area (Å²) >= 11 is 0. The van der Waals surface area contributed by atoms with Crippen LogP contribution in [0.1, 0.15) is 29.4 Å². The Balaban J connectivity index is 1.53. The fourth-order valence-electron chi connectivity index (χ4n) is 3.13. The van der Waals surface area contributed by atoms with Crippen molar-refractivity contribution in [3.05, 3.63) is 70.2 Å². The van der Waals surface area contributed by atoms with Crippen molar-refractivity contribution in [1.29, 1.82) is 0 Å². The lowest BCUT2D eigenvalue weighted by Gasteiger charge is -2.34. The molecule has 1 aliphatic rings. The second kappa shape index (κ2) is 9.28. The van der Waals surface area contributed by atoms with Gasteiger partial charge in [0, 0.05) is 45.3 Å². The first-order chi connectivity index (χ1) is 13.2. The standard InChI is InChI=1S/C21H26N4O2/c1-2-12-25-20(26)11-10-19(22-25)21(27)24-16-14-23(15-17-24)13-6-9-18-7-4-3-5-8-18/h3-11H,2,12-17H2,1H3/b9-6+. The molecule has 1 aliphatic heterocycles. The molecule has 0 saturated carbocycles. The van der Waals surface area contributed by atoms with Crippen molar-refractivity contribution in [3.8, 4) is 0 Å². The number of benzene rings is 1. The third kappa shape index (κ3) is 5.14. The van der Waals surface area contributed by atoms with Crippen LogP contribution in [-0.2, 0) is 6.54 Å². The average Bonchev–Trinajstić information content (AvgIpc) is 2.71. The highest BCUT2D eigenvalue weighted by atomic mass is 16.2. The van der Waals surface area contributed by atoms with Gasteiger partial charge in [-0.1, -0.05) is 49.4 Å². The molecule has 1 aromatic heterocycles. The van der Waals surface area contributed by atoms with Crippen LogP contribution < -0.4 is 5.56 Å². The number of carbonyl (C=O) groups is 1. The van der Waals surface area contributed by atoms with Crippen molar-refractivity contribution in [2.75, 3.05) is 32.7 Å². The molecule has 0 N–H and O–H groups in total. The summed E-state index contributed by atoms with van der Waals surface area (Å²) in [7, 11) is 0. The fraction of sp³-hybridized carbons (Fsp3) is 0.381. The second-order valence-corrected chi connectivity index (χ2v) is 6.69. The van der Waals surface area contributed by atoms with Crippen molar-refractivity contribution in [2.24, 2.45) is 0 Å². The van der Waals surface area contributed by atoms with Crippen LogP contribution in [-0.4, -0.2) is 58.2 Å². The fourth-order valence-corrected chi connectivity index (χ4v) is 3.13. The van der Waals surface area contributed by atoms with Gasteiger partial charge in [0.05, 0.1) is 0 Å². The minimum Gasteiger partial charge on any atom is -0.335 e. The van der Waals surface area contributed by atoms with E-state index < -0.39 is 0 Å². The van der Waals surface area contributed by atoms with Crippen LogP contribution in [0.25, 0.3) is 6.08 Å². The monoisotopic (exact) mass is 366 g/mol. The number of aromatic nitrogens is 2. The lowest BCUT2D eigenvalue weighted by atomic mass is 10.2. The lowest BCUT2D eigenvalue weighted by molar-refractivity contribution is 0.0641. The van der Waals surface area contributed by atoms with Crippen LogP contribution in [0.2, 0.25) is 0 Å². The molecule has 6 nitrogen and oxygen atoms in total. The SMILES string of the molecule is CCCn1nc(C(=O)N2CCN(C/C=C/c3ccccc3)CC2)ccc1=O. The zero-order valence-electron chi connectivity index (χ0n) is 15.8. The van der Waals surface area contributed by atoms with Gasteiger partial charge in [-0.25, -0.2) is 4.68 Å². The third-order valence-corrected chi connectivity index (χ3v) is 4.65. The predicted molar refractivity (Wildman–Crippen MR) is 107 cm³/mol. The Morgan fingerprint density at radius 3 is 2.52 bits per heavy atom. The molecule has 3 rings (SSSR count). The minimum atomic E-state index is -0.163. The molecule has 0 atom stereocenters. The Kier molecular flexibility index (Phi) is 6.54. The van der Waals surface area contributed by atoms with Crippen molar-refractivity contribution in [3.63, 3.8) is 0 Å². The van der Waals surface area contributed by atoms with Crippen LogP contribution in [0.3, 0.4) is 0 Å². The summed E-state index contributed by atoms with van der Waals surface area (Å²) in [6.07, 6.45) is 5.09. The highest BCUT2D eigenvalue weighted by molar-refractivity contribution is 5.92. The number of amides is 1. The smallest absolute Gasteiger partial charge is 0.274 e. The second-order valence-electron chi connectivity index (χ2n) is 6.69. The minimum absolute atomic E-state index is 0.0978. The summed E-state index contributed by atoms with van der Waals surface area (Å²) in [6.45, 7) is 6.39. The largest absolute Gasteiger partial charge is 0.335 e. The zero-order valence-corrected chi connectivity index (χ0v) is 15.8. The van der Waals surface area contributed by atoms with E-state index in [1.807, 2.05) is 30.0 Å². The van der Waals surface area contributed by atoms with Crippen molar-refractivity contribution >= 4 is 12.0 Å². The Bertz CT molecular complexity index is 837. The Morgan fingerprint density at radius 2 is 1.81 bits per heavy atom. The Labute approximate surface area is 159 Å². The summed E-state index contributed by atoms with van der Waals surface area (Å²) in [5.74, 6) is -0.0978. The van der Waals surface area contributed by atoms with Gasteiger partial charge in [-0.3, -0.25) is 14.5 Å². The summed E-state index contributed by atoms with van der Waals surface area (Å²) in [6, 6.07) is 13.2. The van der Waals surface area contributed by atoms with E-state index in [-0.39, 0.29) is 11.5 Å². The summed E-state index contributed by atoms with van der Waals surface area (Å²) in [5, 5.41) is 4.23. The molecule has 1 amide bonds. The molecule has 0 radical (unpaired) electrons. The van der Waals surface area contributed by atoms with Crippen molar-refractivity contribution in [1.82, 2.24) is 19.6 Å². The van der Waals surface area contributed by atoms with Crippen LogP contribution >= 0.6 is 0 Å². The molecule has 1 aromatic carbocycles. The molecular formula is C21H26N4O2. The van der Waals surface area contributed by atoms with E-state index in [9.17, 15) is 9.59 Å². The van der Waals surface area contributed by atoms with E-state index in [0.29, 0.717) is 25.3 Å². The Morgan fingerprint density at radius 1 is 1.07 bits per heavy atom. The van der Waals surface area contributed by atoms with Gasteiger partial charge in [0.2, 0.25) is 0 Å². The summed E-state index contributed by atoms with van der Waals surface area (Å²) in [4.78, 5) is 28.6. The molecule has 1 fully saturated rings. The number of rotatable bonds is 6. The molecule has 2 heterocycles. The van der Waals surface area contributed by atoms with E-state index in [1.165, 1.54) is 22.4 Å². The van der Waals surface area contributed by atoms with E-state index in [2.05, 4.69) is 34.3 Å². The van der Waals surface area contributed by atoms with E-state index in [4.69, 9.17) is 0 Å². The van der Waals surface area contributed by atoms with Crippen LogP contribution in [0.15, 0.2) is 53.3 Å². The Hall–Kier alpha value is -2.73. The van der Waals surface area contributed by atoms with Crippen molar-refractivity contribution in [2.45, 2.75) is 19.9 Å². The van der Waals surface area contributed by atoms with Crippen LogP contribution in [0, 0.1) is 0 Å². The summed E-state index contributed by atoms with van der Waals surface area (Å²) < 4.78 is 1.37. The topological polar surface area (TPSA) is 58.4 Å². The first-order valence-corrected chi connectivity index (χ1v) is 9.49. The maximum absolute atomic E-state index is 12.7. The molecular weight excluding hydrogens is 340 g/mol. The molecule has 0 bridgehead atoms. The maximum Gasteiger partial charge on any atom is 0.274 e. The number of carbonyl (C=O) groups excluding carboxylic acids is 1. The van der Waals surface area contributed by atoms with E-state index >= 15 is 0 Å². The number of piperazine rings is 1. The van der Waals surface area contributed by atoms with Gasteiger partial charge in [-0.2, -0.15) is 5.10 Å². The van der Waals surface area contributed by atoms with Gasteiger partial charge in [-0.15, -0.1) is 0 Å². The van der Waals surface area contributed by atoms with Gasteiger partial charge in [0.25, 0.3) is 11.5 Å². The lowest BCUT2D eigenvalue weighted by Crippen LogP contribution is -2.49. The van der Waals surface area contributed by atoms with E-state index in [0.717, 1.165) is 26.1 Å². The average molecular weight is 366 g/mol. The molecule has 0 aliphatic carbocycles. The van der Waals surface area contributed by atoms with Gasteiger partial charge in [-0.05, 0) is 18.1 Å². The van der Waals surface area contributed by atoms with E-state index in [1.54, 1.807) is 0 Å². The molecule has 0 unspecified atom stereocenters. The van der Waals surface area contributed by atoms with Gasteiger partial charge in [0.1, 0.15) is 5.69 Å². The molecule has 2 aromatic rings. The molecule has 6 heteroatoms. The third-order valence-electron chi connectivity index (χ3n) is 4.65. The predicted octanol–water partition coefficient (Wildman–Crippen LogP) is 2.12. The normalized spacial score (nSPS) is 15.4. The number of nitrogens with zero attached hydrogens (tertiary/aromatic N) is 4. The van der Waals surface area contributed by atoms with Crippen LogP contribution in [0.4, 0.5) is 0 Å². The quantitative estimate of drug-likeness (QED) is 0.786. The highest BCUT2D eigenvalue weighted by Crippen LogP contribution is 2.07.